The van der Waals surface area contributed by atoms with Gasteiger partial charge in [-0.05, 0) is 27.2 Å². The first-order valence-corrected chi connectivity index (χ1v) is 6.54. The summed E-state index contributed by atoms with van der Waals surface area (Å²) in [5.41, 5.74) is 0. The van der Waals surface area contributed by atoms with E-state index in [0.29, 0.717) is 12.1 Å². The summed E-state index contributed by atoms with van der Waals surface area (Å²) in [6, 6.07) is 1.10. The van der Waals surface area contributed by atoms with Gasteiger partial charge in [-0.25, -0.2) is 0 Å². The van der Waals surface area contributed by atoms with E-state index in [-0.39, 0.29) is 0 Å². The summed E-state index contributed by atoms with van der Waals surface area (Å²) in [6.07, 6.45) is 6.71. The molecule has 0 aromatic heterocycles. The predicted octanol–water partition coefficient (Wildman–Crippen LogP) is 3.36. The van der Waals surface area contributed by atoms with Crippen LogP contribution in [0.4, 0.5) is 0 Å². The Kier molecular flexibility index (Phi) is 10.4. The normalized spacial score (nSPS) is 15.2. The lowest BCUT2D eigenvalue weighted by atomic mass is 10.1. The van der Waals surface area contributed by atoms with Gasteiger partial charge < -0.3 is 10.1 Å². The number of unbranched alkanes of at least 4 members (excludes halogenated alkanes) is 3. The highest BCUT2D eigenvalue weighted by Crippen LogP contribution is 2.05. The van der Waals surface area contributed by atoms with Crippen LogP contribution in [-0.2, 0) is 4.74 Å². The maximum atomic E-state index is 5.38. The van der Waals surface area contributed by atoms with Gasteiger partial charge in [-0.2, -0.15) is 0 Å². The molecule has 0 radical (unpaired) electrons. The number of hydrogen-bond donors (Lipinski definition) is 1. The second kappa shape index (κ2) is 10.4. The SMILES string of the molecule is CCCCCCC(C)NC(C)COCC. The molecule has 0 aromatic carbocycles. The predicted molar refractivity (Wildman–Crippen MR) is 67.3 cm³/mol. The third-order valence-corrected chi connectivity index (χ3v) is 2.63. The lowest BCUT2D eigenvalue weighted by Crippen LogP contribution is -2.37. The van der Waals surface area contributed by atoms with Crippen LogP contribution in [0.1, 0.15) is 59.8 Å². The van der Waals surface area contributed by atoms with Crippen LogP contribution in [0, 0.1) is 0 Å². The van der Waals surface area contributed by atoms with Gasteiger partial charge in [0, 0.05) is 18.7 Å². The van der Waals surface area contributed by atoms with E-state index >= 15 is 0 Å². The standard InChI is InChI=1S/C13H29NO/c1-5-7-8-9-10-12(3)14-13(4)11-15-6-2/h12-14H,5-11H2,1-4H3. The van der Waals surface area contributed by atoms with Gasteiger partial charge in [-0.3, -0.25) is 0 Å². The summed E-state index contributed by atoms with van der Waals surface area (Å²) in [7, 11) is 0. The molecule has 1 N–H and O–H groups in total. The molecule has 0 saturated heterocycles. The van der Waals surface area contributed by atoms with Crippen molar-refractivity contribution in [3.05, 3.63) is 0 Å². The maximum Gasteiger partial charge on any atom is 0.0616 e. The fourth-order valence-corrected chi connectivity index (χ4v) is 1.79. The highest BCUT2D eigenvalue weighted by Gasteiger charge is 2.06. The van der Waals surface area contributed by atoms with Crippen molar-refractivity contribution in [2.24, 2.45) is 0 Å². The Morgan fingerprint density at radius 2 is 1.73 bits per heavy atom. The van der Waals surface area contributed by atoms with Crippen molar-refractivity contribution in [1.29, 1.82) is 0 Å². The third-order valence-electron chi connectivity index (χ3n) is 2.63. The van der Waals surface area contributed by atoms with Crippen LogP contribution >= 0.6 is 0 Å². The molecule has 0 spiro atoms. The lowest BCUT2D eigenvalue weighted by Gasteiger charge is -2.19. The molecule has 0 aliphatic heterocycles. The van der Waals surface area contributed by atoms with Gasteiger partial charge in [0.2, 0.25) is 0 Å². The van der Waals surface area contributed by atoms with E-state index in [9.17, 15) is 0 Å². The molecule has 0 aliphatic carbocycles. The maximum absolute atomic E-state index is 5.38. The second-order valence-corrected chi connectivity index (χ2v) is 4.48. The van der Waals surface area contributed by atoms with Crippen LogP contribution in [0.25, 0.3) is 0 Å². The van der Waals surface area contributed by atoms with Gasteiger partial charge in [-0.1, -0.05) is 32.6 Å². The summed E-state index contributed by atoms with van der Waals surface area (Å²) in [6.45, 7) is 10.4. The largest absolute Gasteiger partial charge is 0.380 e. The highest BCUT2D eigenvalue weighted by molar-refractivity contribution is 4.66. The third kappa shape index (κ3) is 10.2. The molecule has 2 heteroatoms. The van der Waals surface area contributed by atoms with Crippen LogP contribution < -0.4 is 5.32 Å². The van der Waals surface area contributed by atoms with Crippen molar-refractivity contribution in [2.45, 2.75) is 71.9 Å². The first-order valence-electron chi connectivity index (χ1n) is 6.54. The molecule has 0 heterocycles. The fourth-order valence-electron chi connectivity index (χ4n) is 1.79. The van der Waals surface area contributed by atoms with Gasteiger partial charge in [0.1, 0.15) is 0 Å². The van der Waals surface area contributed by atoms with Crippen molar-refractivity contribution in [3.63, 3.8) is 0 Å². The Morgan fingerprint density at radius 1 is 1.00 bits per heavy atom. The first-order chi connectivity index (χ1) is 7.20. The number of hydrogen-bond acceptors (Lipinski definition) is 2. The zero-order valence-electron chi connectivity index (χ0n) is 11.0. The van der Waals surface area contributed by atoms with Crippen molar-refractivity contribution in [2.75, 3.05) is 13.2 Å². The molecular formula is C13H29NO. The van der Waals surface area contributed by atoms with E-state index in [1.807, 2.05) is 6.92 Å². The van der Waals surface area contributed by atoms with Gasteiger partial charge in [0.15, 0.2) is 0 Å². The Morgan fingerprint density at radius 3 is 2.33 bits per heavy atom. The van der Waals surface area contributed by atoms with E-state index in [0.717, 1.165) is 13.2 Å². The van der Waals surface area contributed by atoms with Crippen molar-refractivity contribution >= 4 is 0 Å². The topological polar surface area (TPSA) is 21.3 Å². The molecule has 0 fully saturated rings. The second-order valence-electron chi connectivity index (χ2n) is 4.48. The van der Waals surface area contributed by atoms with E-state index < -0.39 is 0 Å². The van der Waals surface area contributed by atoms with E-state index in [1.54, 1.807) is 0 Å². The van der Waals surface area contributed by atoms with Crippen LogP contribution in [0.3, 0.4) is 0 Å². The molecule has 2 nitrogen and oxygen atoms in total. The Labute approximate surface area is 95.8 Å². The fraction of sp³-hybridized carbons (Fsp3) is 1.00. The minimum atomic E-state index is 0.478. The molecule has 92 valence electrons. The van der Waals surface area contributed by atoms with Gasteiger partial charge >= 0.3 is 0 Å². The molecule has 0 saturated carbocycles. The zero-order valence-corrected chi connectivity index (χ0v) is 11.0. The molecule has 2 atom stereocenters. The quantitative estimate of drug-likeness (QED) is 0.564. The lowest BCUT2D eigenvalue weighted by molar-refractivity contribution is 0.123. The van der Waals surface area contributed by atoms with E-state index in [4.69, 9.17) is 4.74 Å². The minimum Gasteiger partial charge on any atom is -0.380 e. The smallest absolute Gasteiger partial charge is 0.0616 e. The molecule has 0 rings (SSSR count). The molecule has 2 unspecified atom stereocenters. The number of rotatable bonds is 10. The highest BCUT2D eigenvalue weighted by atomic mass is 16.5. The van der Waals surface area contributed by atoms with Crippen molar-refractivity contribution in [3.8, 4) is 0 Å². The summed E-state index contributed by atoms with van der Waals surface area (Å²) in [5.74, 6) is 0. The van der Waals surface area contributed by atoms with Crippen LogP contribution in [-0.4, -0.2) is 25.3 Å². The number of nitrogens with one attached hydrogen (secondary N) is 1. The van der Waals surface area contributed by atoms with Crippen molar-refractivity contribution in [1.82, 2.24) is 5.32 Å². The Balaban J connectivity index is 3.33. The molecular weight excluding hydrogens is 186 g/mol. The van der Waals surface area contributed by atoms with E-state index in [1.165, 1.54) is 32.1 Å². The summed E-state index contributed by atoms with van der Waals surface area (Å²) < 4.78 is 5.38. The zero-order chi connectivity index (χ0) is 11.5. The Hall–Kier alpha value is -0.0800. The molecule has 0 aromatic rings. The van der Waals surface area contributed by atoms with Crippen molar-refractivity contribution < 1.29 is 4.74 Å². The average Bonchev–Trinajstić information content (AvgIpc) is 2.21. The number of ether oxygens (including phenoxy) is 1. The molecule has 15 heavy (non-hydrogen) atoms. The monoisotopic (exact) mass is 215 g/mol. The first kappa shape index (κ1) is 14.9. The van der Waals surface area contributed by atoms with Crippen LogP contribution in [0.15, 0.2) is 0 Å². The van der Waals surface area contributed by atoms with E-state index in [2.05, 4.69) is 26.1 Å². The summed E-state index contributed by atoms with van der Waals surface area (Å²) in [5, 5.41) is 3.57. The van der Waals surface area contributed by atoms with Gasteiger partial charge in [0.25, 0.3) is 0 Å². The van der Waals surface area contributed by atoms with Crippen LogP contribution in [0.2, 0.25) is 0 Å². The Bertz CT molecular complexity index is 128. The minimum absolute atomic E-state index is 0.478. The molecule has 0 bridgehead atoms. The van der Waals surface area contributed by atoms with Crippen LogP contribution in [0.5, 0.6) is 0 Å². The van der Waals surface area contributed by atoms with Gasteiger partial charge in [0.05, 0.1) is 6.61 Å². The summed E-state index contributed by atoms with van der Waals surface area (Å²) >= 11 is 0. The van der Waals surface area contributed by atoms with Gasteiger partial charge in [-0.15, -0.1) is 0 Å². The molecule has 0 aliphatic rings. The summed E-state index contributed by atoms with van der Waals surface area (Å²) in [4.78, 5) is 0. The average molecular weight is 215 g/mol. The molecule has 0 amide bonds.